The largest absolute Gasteiger partial charge is 0.339 e. The maximum atomic E-state index is 11.2. The van der Waals surface area contributed by atoms with Gasteiger partial charge < -0.3 is 4.98 Å². The number of amidine groups is 1. The molecule has 6 nitrogen and oxygen atoms in total. The summed E-state index contributed by atoms with van der Waals surface area (Å²) in [6.45, 7) is 1.74. The van der Waals surface area contributed by atoms with Crippen molar-refractivity contribution in [2.75, 3.05) is 0 Å². The van der Waals surface area contributed by atoms with Gasteiger partial charge in [0.25, 0.3) is 5.91 Å². The maximum Gasteiger partial charge on any atom is 0.290 e. The summed E-state index contributed by atoms with van der Waals surface area (Å²) in [7, 11) is 0. The third kappa shape index (κ3) is 0.931. The third-order valence-corrected chi connectivity index (χ3v) is 1.48. The smallest absolute Gasteiger partial charge is 0.290 e. The summed E-state index contributed by atoms with van der Waals surface area (Å²) in [5.41, 5.74) is 5.44. The van der Waals surface area contributed by atoms with Gasteiger partial charge in [-0.25, -0.2) is 9.98 Å². The number of H-pyrrole nitrogens is 1. The number of carbonyl (C=O) groups is 1. The van der Waals surface area contributed by atoms with Crippen LogP contribution in [0.1, 0.15) is 17.4 Å². The second-order valence-electron chi connectivity index (χ2n) is 2.38. The van der Waals surface area contributed by atoms with Gasteiger partial charge in [0.2, 0.25) is 0 Å². The van der Waals surface area contributed by atoms with Crippen LogP contribution in [0.4, 0.5) is 5.82 Å². The highest BCUT2D eigenvalue weighted by Crippen LogP contribution is 2.14. The number of aromatic nitrogens is 2. The first-order chi connectivity index (χ1) is 5.77. The van der Waals surface area contributed by atoms with E-state index in [0.29, 0.717) is 17.3 Å². The Labute approximate surface area is 68.1 Å². The molecule has 1 aliphatic heterocycles. The lowest BCUT2D eigenvalue weighted by Gasteiger charge is -2.00. The summed E-state index contributed by atoms with van der Waals surface area (Å²) < 4.78 is 0. The van der Waals surface area contributed by atoms with Crippen LogP contribution in [0.3, 0.4) is 0 Å². The zero-order chi connectivity index (χ0) is 8.55. The Morgan fingerprint density at radius 1 is 1.42 bits per heavy atom. The van der Waals surface area contributed by atoms with Crippen LogP contribution in [0, 0.1) is 0 Å². The highest BCUT2D eigenvalue weighted by molar-refractivity contribution is 6.00. The van der Waals surface area contributed by atoms with Gasteiger partial charge in [0.1, 0.15) is 5.84 Å². The van der Waals surface area contributed by atoms with E-state index >= 15 is 0 Å². The van der Waals surface area contributed by atoms with Gasteiger partial charge in [-0.05, 0) is 6.92 Å². The van der Waals surface area contributed by atoms with Crippen LogP contribution in [-0.4, -0.2) is 21.7 Å². The second kappa shape index (κ2) is 2.33. The molecule has 1 aromatic rings. The fourth-order valence-electron chi connectivity index (χ4n) is 0.935. The van der Waals surface area contributed by atoms with Gasteiger partial charge in [-0.15, -0.1) is 0 Å². The number of fused-ring (bicyclic) bond motifs is 1. The predicted molar refractivity (Wildman–Crippen MR) is 42.0 cm³/mol. The first kappa shape index (κ1) is 6.84. The molecule has 2 heterocycles. The van der Waals surface area contributed by atoms with Gasteiger partial charge in [0, 0.05) is 0 Å². The minimum atomic E-state index is -0.261. The van der Waals surface area contributed by atoms with Crippen LogP contribution in [0.2, 0.25) is 0 Å². The molecule has 1 amide bonds. The van der Waals surface area contributed by atoms with Crippen molar-refractivity contribution >= 4 is 17.6 Å². The summed E-state index contributed by atoms with van der Waals surface area (Å²) in [5, 5.41) is 0. The SMILES string of the molecule is CC1=Nc2nc[nH]c2C(=O)NN1. The van der Waals surface area contributed by atoms with E-state index in [-0.39, 0.29) is 5.91 Å². The van der Waals surface area contributed by atoms with Crippen molar-refractivity contribution in [1.82, 2.24) is 20.8 Å². The minimum Gasteiger partial charge on any atom is -0.339 e. The number of hydrogen-bond acceptors (Lipinski definition) is 4. The molecule has 0 radical (unpaired) electrons. The molecule has 0 fully saturated rings. The number of hydrogen-bond donors (Lipinski definition) is 3. The maximum absolute atomic E-state index is 11.2. The fraction of sp³-hybridized carbons (Fsp3) is 0.167. The average molecular weight is 165 g/mol. The van der Waals surface area contributed by atoms with E-state index in [1.165, 1.54) is 6.33 Å². The zero-order valence-electron chi connectivity index (χ0n) is 6.38. The van der Waals surface area contributed by atoms with Crippen molar-refractivity contribution in [2.24, 2.45) is 4.99 Å². The molecule has 0 unspecified atom stereocenters. The van der Waals surface area contributed by atoms with E-state index in [9.17, 15) is 4.79 Å². The Bertz CT molecular complexity index is 353. The van der Waals surface area contributed by atoms with Crippen molar-refractivity contribution in [3.05, 3.63) is 12.0 Å². The van der Waals surface area contributed by atoms with E-state index in [2.05, 4.69) is 25.8 Å². The van der Waals surface area contributed by atoms with E-state index in [4.69, 9.17) is 0 Å². The van der Waals surface area contributed by atoms with Gasteiger partial charge in [0.15, 0.2) is 11.5 Å². The molecule has 62 valence electrons. The van der Waals surface area contributed by atoms with Gasteiger partial charge in [0.05, 0.1) is 6.33 Å². The Balaban J connectivity index is 2.53. The van der Waals surface area contributed by atoms with E-state index < -0.39 is 0 Å². The molecule has 0 saturated heterocycles. The molecule has 0 bridgehead atoms. The summed E-state index contributed by atoms with van der Waals surface area (Å²) in [6.07, 6.45) is 1.44. The lowest BCUT2D eigenvalue weighted by molar-refractivity contribution is 0.0941. The average Bonchev–Trinajstić information content (AvgIpc) is 2.44. The molecular weight excluding hydrogens is 158 g/mol. The molecule has 2 rings (SSSR count). The highest BCUT2D eigenvalue weighted by atomic mass is 16.2. The number of nitrogens with zero attached hydrogens (tertiary/aromatic N) is 2. The van der Waals surface area contributed by atoms with E-state index in [0.717, 1.165) is 0 Å². The topological polar surface area (TPSA) is 82.2 Å². The normalized spacial score (nSPS) is 15.4. The summed E-state index contributed by atoms with van der Waals surface area (Å²) in [5.74, 6) is 0.757. The molecule has 3 N–H and O–H groups in total. The lowest BCUT2D eigenvalue weighted by Crippen LogP contribution is -2.39. The monoisotopic (exact) mass is 165 g/mol. The predicted octanol–water partition coefficient (Wildman–Crippen LogP) is -0.292. The highest BCUT2D eigenvalue weighted by Gasteiger charge is 2.16. The third-order valence-electron chi connectivity index (χ3n) is 1.48. The molecule has 0 saturated carbocycles. The Hall–Kier alpha value is -1.85. The molecular formula is C6H7N5O. The van der Waals surface area contributed by atoms with E-state index in [1.807, 2.05) is 0 Å². The number of hydrazine groups is 1. The van der Waals surface area contributed by atoms with Gasteiger partial charge in [-0.3, -0.25) is 15.6 Å². The number of rotatable bonds is 0. The first-order valence-corrected chi connectivity index (χ1v) is 3.42. The van der Waals surface area contributed by atoms with Crippen molar-refractivity contribution in [3.8, 4) is 0 Å². The number of nitrogens with one attached hydrogen (secondary N) is 3. The van der Waals surface area contributed by atoms with Crippen molar-refractivity contribution in [3.63, 3.8) is 0 Å². The van der Waals surface area contributed by atoms with E-state index in [1.54, 1.807) is 6.92 Å². The molecule has 1 aromatic heterocycles. The van der Waals surface area contributed by atoms with Crippen molar-refractivity contribution in [1.29, 1.82) is 0 Å². The molecule has 0 aliphatic carbocycles. The first-order valence-electron chi connectivity index (χ1n) is 3.42. The Kier molecular flexibility index (Phi) is 1.33. The number of carbonyl (C=O) groups excluding carboxylic acids is 1. The zero-order valence-corrected chi connectivity index (χ0v) is 6.38. The quantitative estimate of drug-likeness (QED) is 0.494. The molecule has 1 aliphatic rings. The standard InChI is InChI=1S/C6H7N5O/c1-3-9-5-4(7-2-8-5)6(12)11-10-3/h2H,1H3,(H,7,8)(H,9,10)(H,11,12). The molecule has 6 heteroatoms. The number of aromatic amines is 1. The lowest BCUT2D eigenvalue weighted by atomic mass is 10.4. The summed E-state index contributed by atoms with van der Waals surface area (Å²) >= 11 is 0. The minimum absolute atomic E-state index is 0.261. The van der Waals surface area contributed by atoms with Crippen LogP contribution in [-0.2, 0) is 0 Å². The number of aliphatic imine (C=N–C) groups is 1. The molecule has 0 aromatic carbocycles. The second-order valence-corrected chi connectivity index (χ2v) is 2.38. The number of amides is 1. The summed E-state index contributed by atoms with van der Waals surface area (Å²) in [4.78, 5) is 21.8. The van der Waals surface area contributed by atoms with Gasteiger partial charge >= 0.3 is 0 Å². The van der Waals surface area contributed by atoms with Crippen LogP contribution in [0.15, 0.2) is 11.3 Å². The summed E-state index contributed by atoms with van der Waals surface area (Å²) in [6, 6.07) is 0. The van der Waals surface area contributed by atoms with Crippen LogP contribution in [0.25, 0.3) is 0 Å². The number of imidazole rings is 1. The van der Waals surface area contributed by atoms with Gasteiger partial charge in [-0.2, -0.15) is 0 Å². The van der Waals surface area contributed by atoms with Gasteiger partial charge in [-0.1, -0.05) is 0 Å². The Morgan fingerprint density at radius 2 is 2.25 bits per heavy atom. The van der Waals surface area contributed by atoms with Crippen LogP contribution < -0.4 is 10.9 Å². The molecule has 12 heavy (non-hydrogen) atoms. The molecule has 0 spiro atoms. The van der Waals surface area contributed by atoms with Crippen molar-refractivity contribution < 1.29 is 4.79 Å². The fourth-order valence-corrected chi connectivity index (χ4v) is 0.935. The molecule has 0 atom stereocenters. The Morgan fingerprint density at radius 3 is 3.08 bits per heavy atom. The van der Waals surface area contributed by atoms with Crippen LogP contribution in [0.5, 0.6) is 0 Å². The van der Waals surface area contributed by atoms with Crippen LogP contribution >= 0.6 is 0 Å². The van der Waals surface area contributed by atoms with Crippen molar-refractivity contribution in [2.45, 2.75) is 6.92 Å².